The average molecular weight is 281 g/mol. The lowest BCUT2D eigenvalue weighted by molar-refractivity contribution is -0.385. The van der Waals surface area contributed by atoms with Crippen molar-refractivity contribution >= 4 is 30.4 Å². The molecule has 0 atom stereocenters. The highest BCUT2D eigenvalue weighted by Gasteiger charge is 2.16. The summed E-state index contributed by atoms with van der Waals surface area (Å²) in [5, 5.41) is 11.0. The van der Waals surface area contributed by atoms with Gasteiger partial charge in [0.1, 0.15) is 0 Å². The minimum atomic E-state index is -0.559. The largest absolute Gasteiger partial charge is 0.462 e. The highest BCUT2D eigenvalue weighted by Crippen LogP contribution is 2.22. The van der Waals surface area contributed by atoms with Gasteiger partial charge in [0.2, 0.25) is 0 Å². The molecule has 0 aliphatic carbocycles. The van der Waals surface area contributed by atoms with Crippen molar-refractivity contribution in [1.29, 1.82) is 0 Å². The molecule has 0 heterocycles. The molecule has 1 aromatic rings. The molecule has 0 fully saturated rings. The van der Waals surface area contributed by atoms with E-state index < -0.39 is 10.9 Å². The molecule has 1 aromatic carbocycles. The van der Waals surface area contributed by atoms with Crippen molar-refractivity contribution in [3.05, 3.63) is 45.5 Å². The molecule has 0 aliphatic heterocycles. The number of nitro groups is 1. The van der Waals surface area contributed by atoms with Gasteiger partial charge in [-0.05, 0) is 31.2 Å². The molecule has 0 radical (unpaired) electrons. The minimum Gasteiger partial charge on any atom is -0.462 e. The molecule has 102 valence electrons. The number of hydrogen-bond acceptors (Lipinski definition) is 5. The standard InChI is InChI=1S/C13H15NO4S/c1-2-18-13(15)11-7-6-10(5-3-4-8-19)12(9-11)14(16)17/h3,5-7,9,19H,2,4,8H2,1H3. The van der Waals surface area contributed by atoms with Crippen LogP contribution in [0.4, 0.5) is 5.69 Å². The third-order valence-corrected chi connectivity index (χ3v) is 2.59. The number of rotatable bonds is 6. The second kappa shape index (κ2) is 7.58. The van der Waals surface area contributed by atoms with Crippen LogP contribution in [0.25, 0.3) is 6.08 Å². The van der Waals surface area contributed by atoms with Crippen molar-refractivity contribution in [1.82, 2.24) is 0 Å². The molecule has 19 heavy (non-hydrogen) atoms. The van der Waals surface area contributed by atoms with Gasteiger partial charge in [-0.2, -0.15) is 12.6 Å². The second-order valence-corrected chi connectivity index (χ2v) is 4.11. The molecule has 0 saturated heterocycles. The van der Waals surface area contributed by atoms with E-state index in [-0.39, 0.29) is 17.9 Å². The van der Waals surface area contributed by atoms with Gasteiger partial charge in [0, 0.05) is 6.07 Å². The van der Waals surface area contributed by atoms with Gasteiger partial charge in [-0.3, -0.25) is 10.1 Å². The van der Waals surface area contributed by atoms with Crippen molar-refractivity contribution < 1.29 is 14.5 Å². The first kappa shape index (κ1) is 15.2. The number of hydrogen-bond donors (Lipinski definition) is 1. The van der Waals surface area contributed by atoms with E-state index in [0.717, 1.165) is 6.42 Å². The van der Waals surface area contributed by atoms with Gasteiger partial charge in [-0.25, -0.2) is 4.79 Å². The molecular weight excluding hydrogens is 266 g/mol. The van der Waals surface area contributed by atoms with Crippen LogP contribution in [-0.4, -0.2) is 23.3 Å². The molecular formula is C13H15NO4S. The van der Waals surface area contributed by atoms with Crippen molar-refractivity contribution in [3.63, 3.8) is 0 Å². The number of nitrogens with zero attached hydrogens (tertiary/aromatic N) is 1. The Labute approximate surface area is 116 Å². The third kappa shape index (κ3) is 4.40. The van der Waals surface area contributed by atoms with E-state index in [4.69, 9.17) is 4.74 Å². The van der Waals surface area contributed by atoms with E-state index in [1.165, 1.54) is 12.1 Å². The molecule has 0 unspecified atom stereocenters. The van der Waals surface area contributed by atoms with Crippen LogP contribution in [0.2, 0.25) is 0 Å². The van der Waals surface area contributed by atoms with Gasteiger partial charge in [0.15, 0.2) is 0 Å². The van der Waals surface area contributed by atoms with Crippen LogP contribution >= 0.6 is 12.6 Å². The zero-order valence-corrected chi connectivity index (χ0v) is 11.4. The smallest absolute Gasteiger partial charge is 0.338 e. The topological polar surface area (TPSA) is 69.4 Å². The van der Waals surface area contributed by atoms with Crippen molar-refractivity contribution in [2.75, 3.05) is 12.4 Å². The Morgan fingerprint density at radius 3 is 2.84 bits per heavy atom. The summed E-state index contributed by atoms with van der Waals surface area (Å²) in [6.07, 6.45) is 4.18. The van der Waals surface area contributed by atoms with Crippen molar-refractivity contribution in [2.45, 2.75) is 13.3 Å². The van der Waals surface area contributed by atoms with Crippen LogP contribution in [-0.2, 0) is 4.74 Å². The van der Waals surface area contributed by atoms with E-state index in [1.54, 1.807) is 25.1 Å². The molecule has 0 aliphatic rings. The zero-order valence-electron chi connectivity index (χ0n) is 10.5. The predicted octanol–water partition coefficient (Wildman–Crippen LogP) is 3.10. The highest BCUT2D eigenvalue weighted by molar-refractivity contribution is 7.80. The summed E-state index contributed by atoms with van der Waals surface area (Å²) in [6.45, 7) is 1.91. The van der Waals surface area contributed by atoms with Crippen LogP contribution in [0.3, 0.4) is 0 Å². The van der Waals surface area contributed by atoms with Gasteiger partial charge < -0.3 is 4.74 Å². The van der Waals surface area contributed by atoms with E-state index in [1.807, 2.05) is 0 Å². The number of nitro benzene ring substituents is 1. The summed E-state index contributed by atoms with van der Waals surface area (Å²) < 4.78 is 4.81. The summed E-state index contributed by atoms with van der Waals surface area (Å²) in [5.41, 5.74) is 0.528. The number of esters is 1. The van der Waals surface area contributed by atoms with Crippen LogP contribution < -0.4 is 0 Å². The molecule has 0 spiro atoms. The van der Waals surface area contributed by atoms with Gasteiger partial charge in [0.05, 0.1) is 22.7 Å². The molecule has 0 bridgehead atoms. The van der Waals surface area contributed by atoms with Crippen molar-refractivity contribution in [3.8, 4) is 0 Å². The molecule has 1 rings (SSSR count). The van der Waals surface area contributed by atoms with Gasteiger partial charge in [0.25, 0.3) is 5.69 Å². The maximum Gasteiger partial charge on any atom is 0.338 e. The van der Waals surface area contributed by atoms with Crippen LogP contribution in [0.1, 0.15) is 29.3 Å². The Morgan fingerprint density at radius 2 is 2.26 bits per heavy atom. The number of allylic oxidation sites excluding steroid dienone is 1. The lowest BCUT2D eigenvalue weighted by Gasteiger charge is -2.03. The Kier molecular flexibility index (Phi) is 6.08. The summed E-state index contributed by atoms with van der Waals surface area (Å²) in [5.74, 6) is 0.113. The first-order chi connectivity index (χ1) is 9.10. The Morgan fingerprint density at radius 1 is 1.53 bits per heavy atom. The maximum atomic E-state index is 11.5. The fourth-order valence-electron chi connectivity index (χ4n) is 1.47. The van der Waals surface area contributed by atoms with Crippen LogP contribution in [0, 0.1) is 10.1 Å². The normalized spacial score (nSPS) is 10.6. The first-order valence-corrected chi connectivity index (χ1v) is 6.46. The predicted molar refractivity (Wildman–Crippen MR) is 76.6 cm³/mol. The summed E-state index contributed by atoms with van der Waals surface area (Å²) in [6, 6.07) is 4.29. The van der Waals surface area contributed by atoms with E-state index in [9.17, 15) is 14.9 Å². The van der Waals surface area contributed by atoms with Crippen molar-refractivity contribution in [2.24, 2.45) is 0 Å². The van der Waals surface area contributed by atoms with Gasteiger partial charge >= 0.3 is 5.97 Å². The number of thiol groups is 1. The van der Waals surface area contributed by atoms with E-state index in [0.29, 0.717) is 11.3 Å². The van der Waals surface area contributed by atoms with Crippen LogP contribution in [0.15, 0.2) is 24.3 Å². The number of benzene rings is 1. The molecule has 0 saturated carbocycles. The fraction of sp³-hybridized carbons (Fsp3) is 0.308. The molecule has 5 nitrogen and oxygen atoms in total. The van der Waals surface area contributed by atoms with E-state index >= 15 is 0 Å². The molecule has 0 aromatic heterocycles. The summed E-state index contributed by atoms with van der Waals surface area (Å²) >= 11 is 4.05. The quantitative estimate of drug-likeness (QED) is 0.376. The molecule has 6 heteroatoms. The zero-order chi connectivity index (χ0) is 14.3. The summed E-state index contributed by atoms with van der Waals surface area (Å²) in [4.78, 5) is 22.0. The minimum absolute atomic E-state index is 0.110. The Balaban J connectivity index is 3.07. The number of carbonyl (C=O) groups is 1. The highest BCUT2D eigenvalue weighted by atomic mass is 32.1. The lowest BCUT2D eigenvalue weighted by Crippen LogP contribution is -2.05. The van der Waals surface area contributed by atoms with E-state index in [2.05, 4.69) is 12.6 Å². The first-order valence-electron chi connectivity index (χ1n) is 5.83. The third-order valence-electron chi connectivity index (χ3n) is 2.33. The fourth-order valence-corrected chi connectivity index (χ4v) is 1.62. The summed E-state index contributed by atoms with van der Waals surface area (Å²) in [7, 11) is 0. The SMILES string of the molecule is CCOC(=O)c1ccc(C=CCCS)c([N+](=O)[O-])c1. The van der Waals surface area contributed by atoms with Crippen LogP contribution in [0.5, 0.6) is 0 Å². The average Bonchev–Trinajstić information content (AvgIpc) is 2.39. The second-order valence-electron chi connectivity index (χ2n) is 3.67. The number of ether oxygens (including phenoxy) is 1. The van der Waals surface area contributed by atoms with Gasteiger partial charge in [-0.1, -0.05) is 12.2 Å². The lowest BCUT2D eigenvalue weighted by atomic mass is 10.1. The maximum absolute atomic E-state index is 11.5. The Hall–Kier alpha value is -1.82. The number of carbonyl (C=O) groups excluding carboxylic acids is 1. The monoisotopic (exact) mass is 281 g/mol. The Bertz CT molecular complexity index is 499. The molecule has 0 amide bonds. The van der Waals surface area contributed by atoms with Gasteiger partial charge in [-0.15, -0.1) is 0 Å². The molecule has 0 N–H and O–H groups in total.